The van der Waals surface area contributed by atoms with Crippen molar-refractivity contribution in [2.45, 2.75) is 63.1 Å². The number of carboxylic acids is 2. The van der Waals surface area contributed by atoms with Crippen LogP contribution in [0.2, 0.25) is 0 Å². The van der Waals surface area contributed by atoms with Crippen molar-refractivity contribution in [2.75, 3.05) is 13.1 Å². The number of amides is 2. The van der Waals surface area contributed by atoms with Crippen LogP contribution in [0, 0.1) is 0 Å². The SMILES string of the molecule is NCCCC[C@@H](NC(=O)[C@H](N)CCC(=O)O)C(=O)N[C@@H](CCCN=C(N)N)C(=O)O. The Morgan fingerprint density at radius 3 is 2.00 bits per heavy atom. The van der Waals surface area contributed by atoms with E-state index in [1.165, 1.54) is 0 Å². The molecule has 0 fully saturated rings. The number of carbonyl (C=O) groups excluding carboxylic acids is 2. The van der Waals surface area contributed by atoms with E-state index in [4.69, 9.17) is 28.0 Å². The summed E-state index contributed by atoms with van der Waals surface area (Å²) < 4.78 is 0. The summed E-state index contributed by atoms with van der Waals surface area (Å²) in [5, 5.41) is 22.9. The van der Waals surface area contributed by atoms with E-state index in [2.05, 4.69) is 15.6 Å². The second kappa shape index (κ2) is 15.0. The van der Waals surface area contributed by atoms with Crippen LogP contribution in [0.4, 0.5) is 0 Å². The lowest BCUT2D eigenvalue weighted by Gasteiger charge is -2.23. The maximum absolute atomic E-state index is 12.6. The Morgan fingerprint density at radius 1 is 0.867 bits per heavy atom. The smallest absolute Gasteiger partial charge is 0.326 e. The van der Waals surface area contributed by atoms with Crippen molar-refractivity contribution in [1.29, 1.82) is 0 Å². The largest absolute Gasteiger partial charge is 0.481 e. The van der Waals surface area contributed by atoms with Crippen LogP contribution < -0.4 is 33.6 Å². The molecule has 0 aromatic rings. The summed E-state index contributed by atoms with van der Waals surface area (Å²) in [6.45, 7) is 0.597. The number of unbranched alkanes of at least 4 members (excludes halogenated alkanes) is 1. The molecule has 0 aliphatic rings. The van der Waals surface area contributed by atoms with Gasteiger partial charge in [-0.05, 0) is 45.1 Å². The summed E-state index contributed by atoms with van der Waals surface area (Å²) in [5.74, 6) is -3.82. The van der Waals surface area contributed by atoms with Crippen molar-refractivity contribution in [3.05, 3.63) is 0 Å². The number of guanidine groups is 1. The summed E-state index contributed by atoms with van der Waals surface area (Å²) in [6, 6.07) is -3.33. The molecule has 0 aromatic carbocycles. The lowest BCUT2D eigenvalue weighted by molar-refractivity contribution is -0.142. The standard InChI is InChI=1S/C17H33N7O6/c18-8-2-1-4-11(23-14(27)10(19)6-7-13(25)26)15(28)24-12(16(29)30)5-3-9-22-17(20)21/h10-12H,1-9,18-19H2,(H,23,27)(H,24,28)(H,25,26)(H,29,30)(H4,20,21,22)/t10-,11-,12+/m1/s1. The molecule has 0 saturated heterocycles. The van der Waals surface area contributed by atoms with Gasteiger partial charge < -0.3 is 43.8 Å². The minimum absolute atomic E-state index is 0.0828. The molecule has 0 aliphatic heterocycles. The molecule has 0 unspecified atom stereocenters. The van der Waals surface area contributed by atoms with Crippen molar-refractivity contribution < 1.29 is 29.4 Å². The molecule has 0 spiro atoms. The van der Waals surface area contributed by atoms with E-state index in [0.717, 1.165) is 0 Å². The van der Waals surface area contributed by atoms with Crippen LogP contribution in [0.1, 0.15) is 44.9 Å². The summed E-state index contributed by atoms with van der Waals surface area (Å²) >= 11 is 0. The van der Waals surface area contributed by atoms with E-state index in [0.29, 0.717) is 25.8 Å². The monoisotopic (exact) mass is 431 g/mol. The Labute approximate surface area is 174 Å². The van der Waals surface area contributed by atoms with Gasteiger partial charge in [-0.3, -0.25) is 19.4 Å². The number of aliphatic imine (C=N–C) groups is 1. The van der Waals surface area contributed by atoms with Gasteiger partial charge in [-0.2, -0.15) is 0 Å². The minimum Gasteiger partial charge on any atom is -0.481 e. The van der Waals surface area contributed by atoms with Crippen LogP contribution in [0.3, 0.4) is 0 Å². The van der Waals surface area contributed by atoms with Crippen molar-refractivity contribution in [2.24, 2.45) is 27.9 Å². The zero-order valence-corrected chi connectivity index (χ0v) is 16.9. The number of aliphatic carboxylic acids is 2. The normalized spacial score (nSPS) is 13.5. The van der Waals surface area contributed by atoms with Crippen molar-refractivity contribution >= 4 is 29.7 Å². The lowest BCUT2D eigenvalue weighted by atomic mass is 10.1. The second-order valence-corrected chi connectivity index (χ2v) is 6.73. The maximum Gasteiger partial charge on any atom is 0.326 e. The molecule has 0 aliphatic carbocycles. The average Bonchev–Trinajstić information content (AvgIpc) is 2.66. The highest BCUT2D eigenvalue weighted by molar-refractivity contribution is 5.91. The molecular weight excluding hydrogens is 398 g/mol. The zero-order chi connectivity index (χ0) is 23.1. The molecule has 12 N–H and O–H groups in total. The third kappa shape index (κ3) is 12.5. The van der Waals surface area contributed by atoms with Gasteiger partial charge in [0.15, 0.2) is 5.96 Å². The zero-order valence-electron chi connectivity index (χ0n) is 16.9. The van der Waals surface area contributed by atoms with Crippen LogP contribution in [-0.4, -0.2) is 71.1 Å². The van der Waals surface area contributed by atoms with Gasteiger partial charge in [0.25, 0.3) is 0 Å². The van der Waals surface area contributed by atoms with Crippen LogP contribution >= 0.6 is 0 Å². The number of carboxylic acid groups (broad SMARTS) is 2. The molecule has 0 radical (unpaired) electrons. The van der Waals surface area contributed by atoms with E-state index in [-0.39, 0.29) is 38.2 Å². The molecule has 13 heteroatoms. The highest BCUT2D eigenvalue weighted by Crippen LogP contribution is 2.05. The van der Waals surface area contributed by atoms with Crippen LogP contribution in [-0.2, 0) is 19.2 Å². The Kier molecular flexibility index (Phi) is 13.5. The highest BCUT2D eigenvalue weighted by atomic mass is 16.4. The third-order valence-electron chi connectivity index (χ3n) is 4.15. The lowest BCUT2D eigenvalue weighted by Crippen LogP contribution is -2.54. The fourth-order valence-corrected chi connectivity index (χ4v) is 2.48. The van der Waals surface area contributed by atoms with E-state index < -0.39 is 41.9 Å². The molecule has 13 nitrogen and oxygen atoms in total. The number of nitrogens with two attached hydrogens (primary N) is 4. The Balaban J connectivity index is 4.98. The highest BCUT2D eigenvalue weighted by Gasteiger charge is 2.27. The summed E-state index contributed by atoms with van der Waals surface area (Å²) in [4.78, 5) is 50.6. The van der Waals surface area contributed by atoms with E-state index >= 15 is 0 Å². The Morgan fingerprint density at radius 2 is 1.47 bits per heavy atom. The first kappa shape index (κ1) is 27.1. The molecular formula is C17H33N7O6. The van der Waals surface area contributed by atoms with Gasteiger partial charge in [0.05, 0.1) is 6.04 Å². The molecule has 0 bridgehead atoms. The van der Waals surface area contributed by atoms with Gasteiger partial charge >= 0.3 is 11.9 Å². The van der Waals surface area contributed by atoms with Crippen molar-refractivity contribution in [3.63, 3.8) is 0 Å². The first-order valence-electron chi connectivity index (χ1n) is 9.64. The van der Waals surface area contributed by atoms with Crippen LogP contribution in [0.25, 0.3) is 0 Å². The third-order valence-corrected chi connectivity index (χ3v) is 4.15. The molecule has 0 aromatic heterocycles. The quantitative estimate of drug-likeness (QED) is 0.0719. The van der Waals surface area contributed by atoms with Gasteiger partial charge in [0.2, 0.25) is 11.8 Å². The van der Waals surface area contributed by atoms with E-state index in [1.807, 2.05) is 0 Å². The summed E-state index contributed by atoms with van der Waals surface area (Å²) in [7, 11) is 0. The molecule has 0 rings (SSSR count). The Bertz CT molecular complexity index is 609. The predicted molar refractivity (Wildman–Crippen MR) is 109 cm³/mol. The van der Waals surface area contributed by atoms with Gasteiger partial charge in [-0.15, -0.1) is 0 Å². The Hall–Kier alpha value is -2.93. The number of hydrogen-bond donors (Lipinski definition) is 8. The van der Waals surface area contributed by atoms with Gasteiger partial charge in [0.1, 0.15) is 12.1 Å². The number of nitrogens with one attached hydrogen (secondary N) is 2. The maximum atomic E-state index is 12.6. The number of hydrogen-bond acceptors (Lipinski definition) is 7. The molecule has 0 heterocycles. The number of rotatable bonds is 16. The molecule has 172 valence electrons. The number of nitrogens with zero attached hydrogens (tertiary/aromatic N) is 1. The first-order chi connectivity index (χ1) is 14.1. The van der Waals surface area contributed by atoms with Gasteiger partial charge in [0, 0.05) is 13.0 Å². The van der Waals surface area contributed by atoms with Crippen LogP contribution in [0.15, 0.2) is 4.99 Å². The topological polar surface area (TPSA) is 249 Å². The minimum atomic E-state index is -1.24. The fraction of sp³-hybridized carbons (Fsp3) is 0.706. The molecule has 2 amide bonds. The van der Waals surface area contributed by atoms with E-state index in [1.54, 1.807) is 0 Å². The molecule has 30 heavy (non-hydrogen) atoms. The second-order valence-electron chi connectivity index (χ2n) is 6.73. The van der Waals surface area contributed by atoms with Crippen LogP contribution in [0.5, 0.6) is 0 Å². The first-order valence-corrected chi connectivity index (χ1v) is 9.64. The molecule has 0 saturated carbocycles. The number of carbonyl (C=O) groups is 4. The predicted octanol–water partition coefficient (Wildman–Crippen LogP) is -2.58. The fourth-order valence-electron chi connectivity index (χ4n) is 2.48. The van der Waals surface area contributed by atoms with Crippen molar-refractivity contribution in [3.8, 4) is 0 Å². The summed E-state index contributed by atoms with van der Waals surface area (Å²) in [6.07, 6.45) is 1.35. The molecule has 3 atom stereocenters. The van der Waals surface area contributed by atoms with E-state index in [9.17, 15) is 24.3 Å². The van der Waals surface area contributed by atoms with Crippen molar-refractivity contribution in [1.82, 2.24) is 10.6 Å². The van der Waals surface area contributed by atoms with Gasteiger partial charge in [-0.25, -0.2) is 4.79 Å². The summed E-state index contributed by atoms with van der Waals surface area (Å²) in [5.41, 5.74) is 21.5. The average molecular weight is 431 g/mol. The van der Waals surface area contributed by atoms with Gasteiger partial charge in [-0.1, -0.05) is 0 Å².